The van der Waals surface area contributed by atoms with Gasteiger partial charge in [0.15, 0.2) is 0 Å². The van der Waals surface area contributed by atoms with Crippen LogP contribution in [0.15, 0.2) is 30.3 Å². The summed E-state index contributed by atoms with van der Waals surface area (Å²) in [5.74, 6) is 0. The molecule has 3 rings (SSSR count). The fourth-order valence-corrected chi connectivity index (χ4v) is 3.77. The van der Waals surface area contributed by atoms with Crippen LogP contribution >= 0.6 is 0 Å². The van der Waals surface area contributed by atoms with Crippen molar-refractivity contribution >= 4 is 6.03 Å². The maximum absolute atomic E-state index is 12.7. The van der Waals surface area contributed by atoms with Crippen LogP contribution in [0.1, 0.15) is 38.2 Å². The molecule has 0 aromatic heterocycles. The number of hydrogen-bond acceptors (Lipinski definition) is 2. The van der Waals surface area contributed by atoms with Crippen LogP contribution in [-0.2, 0) is 5.54 Å². The SMILES string of the molecule is CCN1CCN(C(=O)NC2(c3ccccc3)CCCC2)CC1. The monoisotopic (exact) mass is 301 g/mol. The van der Waals surface area contributed by atoms with Crippen molar-refractivity contribution in [3.63, 3.8) is 0 Å². The van der Waals surface area contributed by atoms with Gasteiger partial charge in [-0.15, -0.1) is 0 Å². The van der Waals surface area contributed by atoms with Crippen LogP contribution < -0.4 is 5.32 Å². The third kappa shape index (κ3) is 3.12. The fourth-order valence-electron chi connectivity index (χ4n) is 3.77. The van der Waals surface area contributed by atoms with Gasteiger partial charge < -0.3 is 15.1 Å². The van der Waals surface area contributed by atoms with Gasteiger partial charge in [0.05, 0.1) is 5.54 Å². The van der Waals surface area contributed by atoms with Crippen LogP contribution in [0.5, 0.6) is 0 Å². The van der Waals surface area contributed by atoms with Crippen molar-refractivity contribution in [3.8, 4) is 0 Å². The third-order valence-corrected chi connectivity index (χ3v) is 5.24. The Balaban J connectivity index is 1.68. The van der Waals surface area contributed by atoms with E-state index < -0.39 is 0 Å². The number of benzene rings is 1. The van der Waals surface area contributed by atoms with Gasteiger partial charge in [-0.2, -0.15) is 0 Å². The molecule has 1 saturated heterocycles. The largest absolute Gasteiger partial charge is 0.328 e. The summed E-state index contributed by atoms with van der Waals surface area (Å²) in [6.07, 6.45) is 4.49. The normalized spacial score (nSPS) is 21.8. The van der Waals surface area contributed by atoms with Gasteiger partial charge in [0.25, 0.3) is 0 Å². The van der Waals surface area contributed by atoms with Gasteiger partial charge in [-0.1, -0.05) is 50.1 Å². The van der Waals surface area contributed by atoms with Crippen LogP contribution in [-0.4, -0.2) is 48.6 Å². The lowest BCUT2D eigenvalue weighted by Crippen LogP contribution is -2.55. The van der Waals surface area contributed by atoms with Crippen LogP contribution in [0.25, 0.3) is 0 Å². The molecule has 1 aliphatic heterocycles. The van der Waals surface area contributed by atoms with Crippen molar-refractivity contribution in [2.75, 3.05) is 32.7 Å². The van der Waals surface area contributed by atoms with E-state index in [4.69, 9.17) is 0 Å². The van der Waals surface area contributed by atoms with Crippen molar-refractivity contribution in [1.29, 1.82) is 0 Å². The highest BCUT2D eigenvalue weighted by molar-refractivity contribution is 5.75. The first-order valence-electron chi connectivity index (χ1n) is 8.58. The first kappa shape index (κ1) is 15.3. The van der Waals surface area contributed by atoms with Gasteiger partial charge in [0, 0.05) is 26.2 Å². The van der Waals surface area contributed by atoms with E-state index >= 15 is 0 Å². The molecule has 0 atom stereocenters. The summed E-state index contributed by atoms with van der Waals surface area (Å²) in [6, 6.07) is 10.6. The van der Waals surface area contributed by atoms with Crippen LogP contribution in [0.3, 0.4) is 0 Å². The lowest BCUT2D eigenvalue weighted by molar-refractivity contribution is 0.134. The smallest absolute Gasteiger partial charge is 0.318 e. The van der Waals surface area contributed by atoms with Crippen molar-refractivity contribution < 1.29 is 4.79 Å². The van der Waals surface area contributed by atoms with Crippen molar-refractivity contribution in [2.24, 2.45) is 0 Å². The van der Waals surface area contributed by atoms with E-state index in [1.54, 1.807) is 0 Å². The molecule has 1 saturated carbocycles. The lowest BCUT2D eigenvalue weighted by Gasteiger charge is -2.38. The van der Waals surface area contributed by atoms with Gasteiger partial charge in [0.1, 0.15) is 0 Å². The second-order valence-corrected chi connectivity index (χ2v) is 6.51. The first-order chi connectivity index (χ1) is 10.7. The number of piperazine rings is 1. The Morgan fingerprint density at radius 2 is 1.73 bits per heavy atom. The van der Waals surface area contributed by atoms with Gasteiger partial charge in [0.2, 0.25) is 0 Å². The number of nitrogens with one attached hydrogen (secondary N) is 1. The zero-order valence-corrected chi connectivity index (χ0v) is 13.6. The third-order valence-electron chi connectivity index (χ3n) is 5.24. The van der Waals surface area contributed by atoms with Crippen LogP contribution in [0.2, 0.25) is 0 Å². The topological polar surface area (TPSA) is 35.6 Å². The van der Waals surface area contributed by atoms with E-state index in [1.165, 1.54) is 18.4 Å². The molecule has 22 heavy (non-hydrogen) atoms. The first-order valence-corrected chi connectivity index (χ1v) is 8.58. The van der Waals surface area contributed by atoms with E-state index in [-0.39, 0.29) is 11.6 Å². The molecule has 0 radical (unpaired) electrons. The molecule has 1 aromatic rings. The molecule has 1 aromatic carbocycles. The number of carbonyl (C=O) groups excluding carboxylic acids is 1. The maximum atomic E-state index is 12.7. The standard InChI is InChI=1S/C18H27N3O/c1-2-20-12-14-21(15-13-20)17(22)19-18(10-6-7-11-18)16-8-4-3-5-9-16/h3-5,8-9H,2,6-7,10-15H2,1H3,(H,19,22). The number of urea groups is 1. The Morgan fingerprint density at radius 1 is 1.09 bits per heavy atom. The molecule has 2 aliphatic rings. The van der Waals surface area contributed by atoms with E-state index in [9.17, 15) is 4.79 Å². The highest BCUT2D eigenvalue weighted by Crippen LogP contribution is 2.38. The minimum atomic E-state index is -0.153. The predicted molar refractivity (Wildman–Crippen MR) is 88.8 cm³/mol. The highest BCUT2D eigenvalue weighted by atomic mass is 16.2. The van der Waals surface area contributed by atoms with E-state index in [1.807, 2.05) is 11.0 Å². The summed E-state index contributed by atoms with van der Waals surface area (Å²) in [5, 5.41) is 3.38. The zero-order chi connectivity index (χ0) is 15.4. The van der Waals surface area contributed by atoms with Gasteiger partial charge in [-0.25, -0.2) is 4.79 Å². The summed E-state index contributed by atoms with van der Waals surface area (Å²) >= 11 is 0. The number of nitrogens with zero attached hydrogens (tertiary/aromatic N) is 2. The lowest BCUT2D eigenvalue weighted by atomic mass is 9.88. The molecule has 1 heterocycles. The van der Waals surface area contributed by atoms with Crippen molar-refractivity contribution in [3.05, 3.63) is 35.9 Å². The van der Waals surface area contributed by atoms with Crippen LogP contribution in [0.4, 0.5) is 4.79 Å². The molecule has 2 amide bonds. The molecule has 1 aliphatic carbocycles. The Hall–Kier alpha value is -1.55. The molecule has 120 valence electrons. The summed E-state index contributed by atoms with van der Waals surface area (Å²) in [7, 11) is 0. The van der Waals surface area contributed by atoms with E-state index in [2.05, 4.69) is 41.4 Å². The molecule has 0 unspecified atom stereocenters. The van der Waals surface area contributed by atoms with E-state index in [0.717, 1.165) is 45.6 Å². The highest BCUT2D eigenvalue weighted by Gasteiger charge is 2.38. The maximum Gasteiger partial charge on any atom is 0.318 e. The molecule has 1 N–H and O–H groups in total. The molecule has 4 heteroatoms. The second-order valence-electron chi connectivity index (χ2n) is 6.51. The van der Waals surface area contributed by atoms with Crippen molar-refractivity contribution in [1.82, 2.24) is 15.1 Å². The second kappa shape index (κ2) is 6.69. The Morgan fingerprint density at radius 3 is 2.32 bits per heavy atom. The minimum absolute atomic E-state index is 0.113. The molecule has 0 bridgehead atoms. The number of carbonyl (C=O) groups is 1. The molecular weight excluding hydrogens is 274 g/mol. The molecule has 4 nitrogen and oxygen atoms in total. The van der Waals surface area contributed by atoms with Crippen molar-refractivity contribution in [2.45, 2.75) is 38.1 Å². The quantitative estimate of drug-likeness (QED) is 0.932. The summed E-state index contributed by atoms with van der Waals surface area (Å²) in [6.45, 7) is 6.90. The van der Waals surface area contributed by atoms with Crippen LogP contribution in [0, 0.1) is 0 Å². The van der Waals surface area contributed by atoms with Gasteiger partial charge in [-0.3, -0.25) is 0 Å². The van der Waals surface area contributed by atoms with Gasteiger partial charge >= 0.3 is 6.03 Å². The summed E-state index contributed by atoms with van der Waals surface area (Å²) < 4.78 is 0. The molecular formula is C18H27N3O. The average Bonchev–Trinajstić information content (AvgIpc) is 3.05. The van der Waals surface area contributed by atoms with Gasteiger partial charge in [-0.05, 0) is 24.9 Å². The number of likely N-dealkylation sites (N-methyl/N-ethyl adjacent to an activating group) is 1. The number of rotatable bonds is 3. The Kier molecular flexibility index (Phi) is 4.67. The van der Waals surface area contributed by atoms with E-state index in [0.29, 0.717) is 0 Å². The number of amides is 2. The Bertz CT molecular complexity index is 488. The summed E-state index contributed by atoms with van der Waals surface area (Å²) in [5.41, 5.74) is 1.10. The number of hydrogen-bond donors (Lipinski definition) is 1. The Labute approximate surface area is 133 Å². The molecule has 2 fully saturated rings. The minimum Gasteiger partial charge on any atom is -0.328 e. The fraction of sp³-hybridized carbons (Fsp3) is 0.611. The summed E-state index contributed by atoms with van der Waals surface area (Å²) in [4.78, 5) is 17.1. The average molecular weight is 301 g/mol. The zero-order valence-electron chi connectivity index (χ0n) is 13.6. The predicted octanol–water partition coefficient (Wildman–Crippen LogP) is 2.80. The molecule has 0 spiro atoms.